The van der Waals surface area contributed by atoms with Crippen molar-refractivity contribution in [1.29, 1.82) is 0 Å². The summed E-state index contributed by atoms with van der Waals surface area (Å²) in [4.78, 5) is 24.1. The van der Waals surface area contributed by atoms with Gasteiger partial charge in [-0.2, -0.15) is 5.10 Å². The average molecular weight is 401 g/mol. The number of hydrogen-bond donors (Lipinski definition) is 4. The van der Waals surface area contributed by atoms with Crippen LogP contribution in [0.25, 0.3) is 33.1 Å². The molecule has 5 rings (SSSR count). The molecule has 9 heteroatoms. The van der Waals surface area contributed by atoms with E-state index in [1.165, 1.54) is 6.26 Å². The number of hydrogen-bond acceptors (Lipinski definition) is 6. The van der Waals surface area contributed by atoms with Gasteiger partial charge in [0.1, 0.15) is 12.1 Å². The van der Waals surface area contributed by atoms with Crippen molar-refractivity contribution >= 4 is 33.5 Å². The number of nitrogen functional groups attached to an aromatic ring is 1. The zero-order chi connectivity index (χ0) is 20.7. The molecule has 4 heterocycles. The summed E-state index contributed by atoms with van der Waals surface area (Å²) in [7, 11) is 0. The van der Waals surface area contributed by atoms with E-state index in [-0.39, 0.29) is 11.6 Å². The molecule has 1 amide bonds. The van der Waals surface area contributed by atoms with Gasteiger partial charge >= 0.3 is 0 Å². The first-order valence-corrected chi connectivity index (χ1v) is 9.49. The van der Waals surface area contributed by atoms with Crippen molar-refractivity contribution in [3.63, 3.8) is 0 Å². The van der Waals surface area contributed by atoms with Gasteiger partial charge in [-0.05, 0) is 18.2 Å². The predicted octanol–water partition coefficient (Wildman–Crippen LogP) is 2.96. The van der Waals surface area contributed by atoms with Crippen LogP contribution in [0, 0.1) is 6.92 Å². The van der Waals surface area contributed by atoms with E-state index in [1.54, 1.807) is 13.1 Å². The van der Waals surface area contributed by atoms with Crippen LogP contribution in [0.3, 0.4) is 0 Å². The third-order valence-corrected chi connectivity index (χ3v) is 5.00. The van der Waals surface area contributed by atoms with Crippen LogP contribution < -0.4 is 11.1 Å². The maximum absolute atomic E-state index is 12.1. The number of nitrogens with two attached hydrogens (primary N) is 1. The summed E-state index contributed by atoms with van der Waals surface area (Å²) < 4.78 is 5.07. The van der Waals surface area contributed by atoms with Crippen LogP contribution in [0.15, 0.2) is 47.2 Å². The molecule has 5 aromatic rings. The van der Waals surface area contributed by atoms with Crippen LogP contribution in [-0.4, -0.2) is 37.6 Å². The number of amides is 1. The van der Waals surface area contributed by atoms with E-state index < -0.39 is 0 Å². The Morgan fingerprint density at radius 2 is 2.10 bits per heavy atom. The number of benzene rings is 1. The van der Waals surface area contributed by atoms with Gasteiger partial charge in [-0.15, -0.1) is 0 Å². The van der Waals surface area contributed by atoms with Crippen LogP contribution >= 0.6 is 0 Å². The zero-order valence-electron chi connectivity index (χ0n) is 16.2. The Hall–Kier alpha value is -4.14. The molecule has 0 unspecified atom stereocenters. The van der Waals surface area contributed by atoms with Gasteiger partial charge in [0.25, 0.3) is 5.91 Å². The number of fused-ring (bicyclic) bond motifs is 3. The van der Waals surface area contributed by atoms with Crippen molar-refractivity contribution in [2.75, 3.05) is 12.3 Å². The molecule has 4 aromatic heterocycles. The van der Waals surface area contributed by atoms with Gasteiger partial charge in [0.05, 0.1) is 16.7 Å². The van der Waals surface area contributed by atoms with Crippen molar-refractivity contribution < 1.29 is 9.21 Å². The summed E-state index contributed by atoms with van der Waals surface area (Å²) in [5.41, 5.74) is 11.1. The number of aryl methyl sites for hydroxylation is 1. The van der Waals surface area contributed by atoms with Gasteiger partial charge in [-0.3, -0.25) is 9.89 Å². The van der Waals surface area contributed by atoms with Crippen molar-refractivity contribution in [2.24, 2.45) is 0 Å². The first-order chi connectivity index (χ1) is 14.6. The van der Waals surface area contributed by atoms with Crippen molar-refractivity contribution in [2.45, 2.75) is 13.3 Å². The van der Waals surface area contributed by atoms with Crippen LogP contribution in [0.5, 0.6) is 0 Å². The molecule has 0 aliphatic heterocycles. The van der Waals surface area contributed by atoms with E-state index in [2.05, 4.69) is 30.5 Å². The second kappa shape index (κ2) is 7.03. The second-order valence-corrected chi connectivity index (χ2v) is 7.04. The largest absolute Gasteiger partial charge is 0.448 e. The molecule has 30 heavy (non-hydrogen) atoms. The SMILES string of the molecule is Cc1nc(C(=O)NCCc2cc3c(N)nc4cc(-c5ccn[nH]5)ccc4c3[nH]2)co1. The first kappa shape index (κ1) is 17.9. The Labute approximate surface area is 170 Å². The lowest BCUT2D eigenvalue weighted by Crippen LogP contribution is -2.26. The number of aromatic nitrogens is 5. The zero-order valence-corrected chi connectivity index (χ0v) is 16.2. The summed E-state index contributed by atoms with van der Waals surface area (Å²) in [5.74, 6) is 0.658. The quantitative estimate of drug-likeness (QED) is 0.357. The fourth-order valence-corrected chi connectivity index (χ4v) is 3.54. The van der Waals surface area contributed by atoms with Gasteiger partial charge in [-0.1, -0.05) is 12.1 Å². The molecule has 0 saturated carbocycles. The van der Waals surface area contributed by atoms with E-state index in [4.69, 9.17) is 10.2 Å². The minimum atomic E-state index is -0.263. The van der Waals surface area contributed by atoms with Crippen LogP contribution in [0.2, 0.25) is 0 Å². The minimum absolute atomic E-state index is 0.263. The van der Waals surface area contributed by atoms with Crippen molar-refractivity contribution in [3.05, 3.63) is 60.1 Å². The highest BCUT2D eigenvalue weighted by Crippen LogP contribution is 2.30. The molecule has 0 atom stereocenters. The van der Waals surface area contributed by atoms with Crippen molar-refractivity contribution in [1.82, 2.24) is 30.5 Å². The maximum Gasteiger partial charge on any atom is 0.273 e. The van der Waals surface area contributed by atoms with Gasteiger partial charge in [-0.25, -0.2) is 9.97 Å². The van der Waals surface area contributed by atoms with Crippen LogP contribution in [0.4, 0.5) is 5.82 Å². The topological polar surface area (TPSA) is 139 Å². The summed E-state index contributed by atoms with van der Waals surface area (Å²) >= 11 is 0. The number of carbonyl (C=O) groups is 1. The number of nitrogens with one attached hydrogen (secondary N) is 3. The summed E-state index contributed by atoms with van der Waals surface area (Å²) in [6, 6.07) is 9.92. The number of carbonyl (C=O) groups excluding carboxylic acids is 1. The van der Waals surface area contributed by atoms with Gasteiger partial charge in [0.15, 0.2) is 11.6 Å². The smallest absolute Gasteiger partial charge is 0.273 e. The Kier molecular flexibility index (Phi) is 4.20. The van der Waals surface area contributed by atoms with Gasteiger partial charge in [0.2, 0.25) is 0 Å². The standard InChI is InChI=1S/C21H19N7O2/c1-11-25-18(10-30-11)21(29)23-6-4-13-9-15-19(26-13)14-3-2-12(16-5-7-24-28-16)8-17(14)27-20(15)22/h2-3,5,7-10,26H,4,6H2,1H3,(H2,22,27)(H,23,29)(H,24,28). The van der Waals surface area contributed by atoms with E-state index in [9.17, 15) is 4.79 Å². The Morgan fingerprint density at radius 1 is 1.20 bits per heavy atom. The highest BCUT2D eigenvalue weighted by molar-refractivity contribution is 6.08. The molecular weight excluding hydrogens is 382 g/mol. The lowest BCUT2D eigenvalue weighted by atomic mass is 10.1. The third kappa shape index (κ3) is 3.16. The Morgan fingerprint density at radius 3 is 2.87 bits per heavy atom. The van der Waals surface area contributed by atoms with Crippen LogP contribution in [0.1, 0.15) is 22.1 Å². The van der Waals surface area contributed by atoms with E-state index >= 15 is 0 Å². The highest BCUT2D eigenvalue weighted by atomic mass is 16.3. The van der Waals surface area contributed by atoms with Gasteiger partial charge < -0.3 is 20.5 Å². The van der Waals surface area contributed by atoms with Crippen molar-refractivity contribution in [3.8, 4) is 11.3 Å². The lowest BCUT2D eigenvalue weighted by Gasteiger charge is -2.05. The average Bonchev–Trinajstić information content (AvgIpc) is 3.48. The number of oxazole rings is 1. The molecule has 0 spiro atoms. The highest BCUT2D eigenvalue weighted by Gasteiger charge is 2.13. The summed E-state index contributed by atoms with van der Waals surface area (Å²) in [6.45, 7) is 2.15. The first-order valence-electron chi connectivity index (χ1n) is 9.49. The molecule has 0 aliphatic rings. The van der Waals surface area contributed by atoms with Crippen LogP contribution in [-0.2, 0) is 6.42 Å². The lowest BCUT2D eigenvalue weighted by molar-refractivity contribution is 0.0949. The molecular formula is C21H19N7O2. The number of H-pyrrole nitrogens is 2. The molecule has 9 nitrogen and oxygen atoms in total. The maximum atomic E-state index is 12.1. The molecule has 0 saturated heterocycles. The normalized spacial score (nSPS) is 11.4. The van der Waals surface area contributed by atoms with E-state index in [0.717, 1.165) is 38.8 Å². The number of nitrogens with zero attached hydrogens (tertiary/aromatic N) is 3. The number of rotatable bonds is 5. The number of anilines is 1. The Bertz CT molecular complexity index is 1370. The molecule has 1 aromatic carbocycles. The Balaban J connectivity index is 1.40. The number of pyridine rings is 1. The fourth-order valence-electron chi connectivity index (χ4n) is 3.54. The molecule has 0 bridgehead atoms. The second-order valence-electron chi connectivity index (χ2n) is 7.04. The van der Waals surface area contributed by atoms with E-state index in [1.807, 2.05) is 30.3 Å². The molecule has 5 N–H and O–H groups in total. The molecule has 0 fully saturated rings. The number of aromatic amines is 2. The minimum Gasteiger partial charge on any atom is -0.448 e. The molecule has 0 radical (unpaired) electrons. The summed E-state index contributed by atoms with van der Waals surface area (Å²) in [6.07, 6.45) is 3.68. The summed E-state index contributed by atoms with van der Waals surface area (Å²) in [5, 5.41) is 11.6. The van der Waals surface area contributed by atoms with E-state index in [0.29, 0.717) is 24.7 Å². The fraction of sp³-hybridized carbons (Fsp3) is 0.143. The molecule has 150 valence electrons. The third-order valence-electron chi connectivity index (χ3n) is 5.00. The monoisotopic (exact) mass is 401 g/mol. The van der Waals surface area contributed by atoms with Gasteiger partial charge in [0, 0.05) is 48.1 Å². The molecule has 0 aliphatic carbocycles. The predicted molar refractivity (Wildman–Crippen MR) is 113 cm³/mol.